The zero-order valence-electron chi connectivity index (χ0n) is 8.57. The summed E-state index contributed by atoms with van der Waals surface area (Å²) in [5.74, 6) is 1.02. The van der Waals surface area contributed by atoms with Gasteiger partial charge in [0.05, 0.1) is 11.7 Å². The lowest BCUT2D eigenvalue weighted by Crippen LogP contribution is -2.30. The average molecular weight is 189 g/mol. The number of hydrogen-bond donors (Lipinski definition) is 1. The summed E-state index contributed by atoms with van der Waals surface area (Å²) in [6, 6.07) is 6.06. The van der Waals surface area contributed by atoms with E-state index in [9.17, 15) is 0 Å². The van der Waals surface area contributed by atoms with E-state index in [2.05, 4.69) is 23.2 Å². The predicted molar refractivity (Wildman–Crippen MR) is 57.3 cm³/mol. The Bertz CT molecular complexity index is 442. The van der Waals surface area contributed by atoms with Crippen LogP contribution >= 0.6 is 0 Å². The minimum absolute atomic E-state index is 0.0756. The van der Waals surface area contributed by atoms with E-state index in [1.165, 1.54) is 0 Å². The van der Waals surface area contributed by atoms with Gasteiger partial charge in [0.1, 0.15) is 5.82 Å². The molecule has 0 radical (unpaired) electrons. The van der Waals surface area contributed by atoms with E-state index >= 15 is 0 Å². The molecule has 0 saturated carbocycles. The van der Waals surface area contributed by atoms with E-state index in [0.717, 1.165) is 11.3 Å². The topological polar surface area (TPSA) is 43.3 Å². The van der Waals surface area contributed by atoms with Crippen molar-refractivity contribution in [2.75, 3.05) is 6.54 Å². The molecule has 2 aromatic rings. The molecule has 0 amide bonds. The number of fused-ring (bicyclic) bond motifs is 1. The van der Waals surface area contributed by atoms with Gasteiger partial charge in [0, 0.05) is 18.2 Å². The Morgan fingerprint density at radius 2 is 2.21 bits per heavy atom. The number of pyridine rings is 1. The summed E-state index contributed by atoms with van der Waals surface area (Å²) in [5, 5.41) is 0. The third kappa shape index (κ3) is 1.30. The lowest BCUT2D eigenvalue weighted by molar-refractivity contribution is 0.500. The van der Waals surface area contributed by atoms with Gasteiger partial charge in [-0.15, -0.1) is 0 Å². The third-order valence-electron chi connectivity index (χ3n) is 2.55. The summed E-state index contributed by atoms with van der Waals surface area (Å²) in [6.07, 6.45) is 3.90. The SMILES string of the molecule is CC(C)(CN)c1ncc2ccccn12. The number of hydrogen-bond acceptors (Lipinski definition) is 2. The summed E-state index contributed by atoms with van der Waals surface area (Å²) < 4.78 is 2.09. The Morgan fingerprint density at radius 3 is 2.93 bits per heavy atom. The van der Waals surface area contributed by atoms with Crippen LogP contribution in [-0.4, -0.2) is 15.9 Å². The highest BCUT2D eigenvalue weighted by molar-refractivity contribution is 5.46. The van der Waals surface area contributed by atoms with Gasteiger partial charge in [-0.05, 0) is 12.1 Å². The van der Waals surface area contributed by atoms with Crippen molar-refractivity contribution < 1.29 is 0 Å². The fraction of sp³-hybridized carbons (Fsp3) is 0.364. The normalized spacial score (nSPS) is 12.2. The zero-order valence-corrected chi connectivity index (χ0v) is 8.57. The smallest absolute Gasteiger partial charge is 0.120 e. The van der Waals surface area contributed by atoms with Crippen LogP contribution in [0.2, 0.25) is 0 Å². The first-order chi connectivity index (χ1) is 6.65. The maximum absolute atomic E-state index is 5.74. The highest BCUT2D eigenvalue weighted by Gasteiger charge is 2.23. The summed E-state index contributed by atoms with van der Waals surface area (Å²) in [4.78, 5) is 4.42. The molecule has 2 N–H and O–H groups in total. The van der Waals surface area contributed by atoms with E-state index in [0.29, 0.717) is 6.54 Å². The van der Waals surface area contributed by atoms with E-state index in [4.69, 9.17) is 5.73 Å². The van der Waals surface area contributed by atoms with Crippen molar-refractivity contribution >= 4 is 5.52 Å². The molecule has 2 heterocycles. The van der Waals surface area contributed by atoms with Crippen LogP contribution in [0.5, 0.6) is 0 Å². The molecule has 0 saturated heterocycles. The van der Waals surface area contributed by atoms with Gasteiger partial charge in [-0.2, -0.15) is 0 Å². The molecule has 3 heteroatoms. The summed E-state index contributed by atoms with van der Waals surface area (Å²) in [7, 11) is 0. The molecule has 3 nitrogen and oxygen atoms in total. The van der Waals surface area contributed by atoms with Crippen LogP contribution in [0, 0.1) is 0 Å². The lowest BCUT2D eigenvalue weighted by Gasteiger charge is -2.20. The van der Waals surface area contributed by atoms with Gasteiger partial charge in [0.25, 0.3) is 0 Å². The van der Waals surface area contributed by atoms with Crippen LogP contribution in [0.3, 0.4) is 0 Å². The van der Waals surface area contributed by atoms with Crippen molar-refractivity contribution in [2.45, 2.75) is 19.3 Å². The van der Waals surface area contributed by atoms with Gasteiger partial charge in [-0.25, -0.2) is 4.98 Å². The first-order valence-corrected chi connectivity index (χ1v) is 4.78. The summed E-state index contributed by atoms with van der Waals surface area (Å²) in [5.41, 5.74) is 6.77. The minimum Gasteiger partial charge on any atom is -0.329 e. The molecule has 74 valence electrons. The number of rotatable bonds is 2. The van der Waals surface area contributed by atoms with Crippen molar-refractivity contribution in [1.29, 1.82) is 0 Å². The zero-order chi connectivity index (χ0) is 10.2. The molecule has 0 fully saturated rings. The Labute approximate surface area is 83.6 Å². The average Bonchev–Trinajstić information content (AvgIpc) is 2.61. The van der Waals surface area contributed by atoms with Crippen molar-refractivity contribution in [3.8, 4) is 0 Å². The summed E-state index contributed by atoms with van der Waals surface area (Å²) in [6.45, 7) is 4.81. The molecule has 0 bridgehead atoms. The predicted octanol–water partition coefficient (Wildman–Crippen LogP) is 1.57. The second kappa shape index (κ2) is 3.10. The minimum atomic E-state index is -0.0756. The third-order valence-corrected chi connectivity index (χ3v) is 2.55. The molecule has 0 aromatic carbocycles. The van der Waals surface area contributed by atoms with Crippen molar-refractivity contribution in [3.63, 3.8) is 0 Å². The Balaban J connectivity index is 2.64. The molecule has 0 aliphatic rings. The second-order valence-electron chi connectivity index (χ2n) is 4.17. The lowest BCUT2D eigenvalue weighted by atomic mass is 9.93. The summed E-state index contributed by atoms with van der Waals surface area (Å²) >= 11 is 0. The van der Waals surface area contributed by atoms with Crippen LogP contribution in [0.1, 0.15) is 19.7 Å². The Kier molecular flexibility index (Phi) is 2.04. The largest absolute Gasteiger partial charge is 0.329 e. The van der Waals surface area contributed by atoms with E-state index < -0.39 is 0 Å². The van der Waals surface area contributed by atoms with Crippen molar-refractivity contribution in [3.05, 3.63) is 36.4 Å². The van der Waals surface area contributed by atoms with Crippen LogP contribution in [0.15, 0.2) is 30.6 Å². The number of imidazole rings is 1. The Hall–Kier alpha value is -1.35. The van der Waals surface area contributed by atoms with Crippen LogP contribution < -0.4 is 5.73 Å². The van der Waals surface area contributed by atoms with Gasteiger partial charge in [-0.3, -0.25) is 0 Å². The van der Waals surface area contributed by atoms with E-state index in [1.807, 2.05) is 30.6 Å². The Morgan fingerprint density at radius 1 is 1.43 bits per heavy atom. The quantitative estimate of drug-likeness (QED) is 0.779. The molecular formula is C11H15N3. The van der Waals surface area contributed by atoms with Gasteiger partial charge in [0.2, 0.25) is 0 Å². The first kappa shape index (κ1) is 9.21. The van der Waals surface area contributed by atoms with Crippen LogP contribution in [0.25, 0.3) is 5.52 Å². The van der Waals surface area contributed by atoms with E-state index in [-0.39, 0.29) is 5.41 Å². The van der Waals surface area contributed by atoms with Crippen LogP contribution in [0.4, 0.5) is 0 Å². The fourth-order valence-corrected chi connectivity index (χ4v) is 1.54. The molecule has 0 unspecified atom stereocenters. The molecular weight excluding hydrogens is 174 g/mol. The molecule has 0 spiro atoms. The maximum Gasteiger partial charge on any atom is 0.120 e. The highest BCUT2D eigenvalue weighted by Crippen LogP contribution is 2.21. The highest BCUT2D eigenvalue weighted by atomic mass is 15.0. The van der Waals surface area contributed by atoms with E-state index in [1.54, 1.807) is 0 Å². The fourth-order valence-electron chi connectivity index (χ4n) is 1.54. The molecule has 0 atom stereocenters. The molecule has 0 aliphatic heterocycles. The van der Waals surface area contributed by atoms with Gasteiger partial charge >= 0.3 is 0 Å². The molecule has 2 aromatic heterocycles. The van der Waals surface area contributed by atoms with Gasteiger partial charge < -0.3 is 10.1 Å². The standard InChI is InChI=1S/C11H15N3/c1-11(2,8-12)10-13-7-9-5-3-4-6-14(9)10/h3-7H,8,12H2,1-2H3. The monoisotopic (exact) mass is 189 g/mol. The first-order valence-electron chi connectivity index (χ1n) is 4.78. The van der Waals surface area contributed by atoms with Crippen molar-refractivity contribution in [1.82, 2.24) is 9.38 Å². The number of aromatic nitrogens is 2. The second-order valence-corrected chi connectivity index (χ2v) is 4.17. The number of nitrogens with two attached hydrogens (primary N) is 1. The van der Waals surface area contributed by atoms with Crippen molar-refractivity contribution in [2.24, 2.45) is 5.73 Å². The van der Waals surface area contributed by atoms with Gasteiger partial charge in [0.15, 0.2) is 0 Å². The van der Waals surface area contributed by atoms with Gasteiger partial charge in [-0.1, -0.05) is 19.9 Å². The van der Waals surface area contributed by atoms with Crippen LogP contribution in [-0.2, 0) is 5.41 Å². The maximum atomic E-state index is 5.74. The molecule has 14 heavy (non-hydrogen) atoms. The molecule has 2 rings (SSSR count). The molecule has 0 aliphatic carbocycles. The number of nitrogens with zero attached hydrogens (tertiary/aromatic N) is 2.